The Morgan fingerprint density at radius 1 is 1.30 bits per heavy atom. The van der Waals surface area contributed by atoms with Crippen molar-refractivity contribution in [3.8, 4) is 0 Å². The molecule has 1 unspecified atom stereocenters. The van der Waals surface area contributed by atoms with Crippen LogP contribution in [0, 0.1) is 6.92 Å². The molecule has 1 aliphatic carbocycles. The molecule has 3 heteroatoms. The van der Waals surface area contributed by atoms with Crippen molar-refractivity contribution in [3.05, 3.63) is 58.2 Å². The smallest absolute Gasteiger partial charge is 0.117 e. The molecule has 0 amide bonds. The molecule has 0 spiro atoms. The molecule has 1 aliphatic rings. The molecular formula is C17H21NOS. The minimum atomic E-state index is 0.538. The molecule has 0 saturated carbocycles. The predicted octanol–water partition coefficient (Wildman–Crippen LogP) is 4.76. The van der Waals surface area contributed by atoms with E-state index >= 15 is 0 Å². The topological polar surface area (TPSA) is 16.4 Å². The van der Waals surface area contributed by atoms with Gasteiger partial charge in [-0.15, -0.1) is 11.3 Å². The second kappa shape index (κ2) is 6.42. The zero-order valence-corrected chi connectivity index (χ0v) is 12.7. The van der Waals surface area contributed by atoms with Crippen LogP contribution in [0.15, 0.2) is 47.1 Å². The fourth-order valence-corrected chi connectivity index (χ4v) is 3.68. The van der Waals surface area contributed by atoms with E-state index in [0.29, 0.717) is 6.04 Å². The van der Waals surface area contributed by atoms with Gasteiger partial charge in [-0.25, -0.2) is 0 Å². The van der Waals surface area contributed by atoms with Gasteiger partial charge >= 0.3 is 0 Å². The lowest BCUT2D eigenvalue weighted by molar-refractivity contribution is 0.183. The Bertz CT molecular complexity index is 555. The van der Waals surface area contributed by atoms with E-state index in [9.17, 15) is 0 Å². The van der Waals surface area contributed by atoms with Gasteiger partial charge in [-0.3, -0.25) is 4.90 Å². The number of furan rings is 1. The molecule has 20 heavy (non-hydrogen) atoms. The average Bonchev–Trinajstić information content (AvgIpc) is 3.11. The van der Waals surface area contributed by atoms with Gasteiger partial charge in [0.15, 0.2) is 0 Å². The SMILES string of the molecule is Cc1ccc(CN(Cc2ccco2)C2C=CCCC2)s1. The summed E-state index contributed by atoms with van der Waals surface area (Å²) in [6.07, 6.45) is 10.2. The molecule has 1 atom stereocenters. The summed E-state index contributed by atoms with van der Waals surface area (Å²) in [6.45, 7) is 4.07. The van der Waals surface area contributed by atoms with Crippen LogP contribution < -0.4 is 0 Å². The maximum Gasteiger partial charge on any atom is 0.117 e. The van der Waals surface area contributed by atoms with E-state index < -0.39 is 0 Å². The lowest BCUT2D eigenvalue weighted by Gasteiger charge is -2.30. The van der Waals surface area contributed by atoms with Crippen LogP contribution in [0.4, 0.5) is 0 Å². The minimum Gasteiger partial charge on any atom is -0.468 e. The zero-order chi connectivity index (χ0) is 13.8. The average molecular weight is 287 g/mol. The first-order valence-corrected chi connectivity index (χ1v) is 8.11. The van der Waals surface area contributed by atoms with Crippen molar-refractivity contribution in [1.82, 2.24) is 4.90 Å². The second-order valence-electron chi connectivity index (χ2n) is 5.42. The maximum absolute atomic E-state index is 5.54. The molecule has 2 aromatic heterocycles. The molecule has 0 bridgehead atoms. The van der Waals surface area contributed by atoms with Crippen molar-refractivity contribution in [1.29, 1.82) is 0 Å². The summed E-state index contributed by atoms with van der Waals surface area (Å²) >= 11 is 1.90. The lowest BCUT2D eigenvalue weighted by Crippen LogP contribution is -2.33. The third-order valence-corrected chi connectivity index (χ3v) is 4.78. The van der Waals surface area contributed by atoms with Gasteiger partial charge < -0.3 is 4.42 Å². The van der Waals surface area contributed by atoms with Gasteiger partial charge in [-0.1, -0.05) is 12.2 Å². The number of thiophene rings is 1. The fourth-order valence-electron chi connectivity index (χ4n) is 2.76. The van der Waals surface area contributed by atoms with E-state index in [2.05, 4.69) is 42.2 Å². The Labute approximate surface area is 124 Å². The molecule has 0 aliphatic heterocycles. The van der Waals surface area contributed by atoms with E-state index in [1.165, 1.54) is 29.0 Å². The Hall–Kier alpha value is -1.32. The molecule has 0 aromatic carbocycles. The van der Waals surface area contributed by atoms with E-state index in [0.717, 1.165) is 18.8 Å². The molecule has 3 rings (SSSR count). The molecule has 2 nitrogen and oxygen atoms in total. The summed E-state index contributed by atoms with van der Waals surface area (Å²) < 4.78 is 5.54. The first-order valence-electron chi connectivity index (χ1n) is 7.30. The van der Waals surface area contributed by atoms with E-state index in [-0.39, 0.29) is 0 Å². The quantitative estimate of drug-likeness (QED) is 0.737. The Morgan fingerprint density at radius 2 is 2.25 bits per heavy atom. The molecule has 0 fully saturated rings. The van der Waals surface area contributed by atoms with Crippen molar-refractivity contribution in [3.63, 3.8) is 0 Å². The molecule has 0 N–H and O–H groups in total. The fraction of sp³-hybridized carbons (Fsp3) is 0.412. The second-order valence-corrected chi connectivity index (χ2v) is 6.80. The van der Waals surface area contributed by atoms with Gasteiger partial charge in [-0.2, -0.15) is 0 Å². The van der Waals surface area contributed by atoms with Gasteiger partial charge in [-0.05, 0) is 50.5 Å². The van der Waals surface area contributed by atoms with Gasteiger partial charge in [0.05, 0.1) is 12.8 Å². The van der Waals surface area contributed by atoms with Crippen LogP contribution in [0.3, 0.4) is 0 Å². The highest BCUT2D eigenvalue weighted by Gasteiger charge is 2.19. The van der Waals surface area contributed by atoms with Crippen molar-refractivity contribution in [2.24, 2.45) is 0 Å². The number of aryl methyl sites for hydroxylation is 1. The predicted molar refractivity (Wildman–Crippen MR) is 83.8 cm³/mol. The maximum atomic E-state index is 5.54. The van der Waals surface area contributed by atoms with Crippen LogP contribution in [0.5, 0.6) is 0 Å². The normalized spacial score (nSPS) is 18.8. The van der Waals surface area contributed by atoms with Crippen LogP contribution in [-0.2, 0) is 13.1 Å². The molecular weight excluding hydrogens is 266 g/mol. The summed E-state index contributed by atoms with van der Waals surface area (Å²) in [5, 5.41) is 0. The number of hydrogen-bond acceptors (Lipinski definition) is 3. The van der Waals surface area contributed by atoms with Gasteiger partial charge in [0.1, 0.15) is 5.76 Å². The standard InChI is InChI=1S/C17H21NOS/c1-14-9-10-17(20-14)13-18(12-16-8-5-11-19-16)15-6-3-2-4-7-15/h3,5-6,8-11,15H,2,4,7,12-13H2,1H3. The van der Waals surface area contributed by atoms with Crippen LogP contribution in [0.2, 0.25) is 0 Å². The van der Waals surface area contributed by atoms with Crippen LogP contribution >= 0.6 is 11.3 Å². The van der Waals surface area contributed by atoms with E-state index in [1.54, 1.807) is 6.26 Å². The third-order valence-electron chi connectivity index (χ3n) is 3.79. The highest BCUT2D eigenvalue weighted by atomic mass is 32.1. The van der Waals surface area contributed by atoms with Crippen LogP contribution in [0.25, 0.3) is 0 Å². The molecule has 2 heterocycles. The number of nitrogens with zero attached hydrogens (tertiary/aromatic N) is 1. The monoisotopic (exact) mass is 287 g/mol. The number of rotatable bonds is 5. The van der Waals surface area contributed by atoms with E-state index in [4.69, 9.17) is 4.42 Å². The summed E-state index contributed by atoms with van der Waals surface area (Å²) in [6, 6.07) is 9.04. The summed E-state index contributed by atoms with van der Waals surface area (Å²) in [7, 11) is 0. The molecule has 0 saturated heterocycles. The Balaban J connectivity index is 1.75. The first-order chi connectivity index (χ1) is 9.81. The Kier molecular flexibility index (Phi) is 4.38. The van der Waals surface area contributed by atoms with Gasteiger partial charge in [0.25, 0.3) is 0 Å². The van der Waals surface area contributed by atoms with Gasteiger partial charge in [0, 0.05) is 22.3 Å². The van der Waals surface area contributed by atoms with E-state index in [1.807, 2.05) is 17.4 Å². The zero-order valence-electron chi connectivity index (χ0n) is 11.9. The van der Waals surface area contributed by atoms with Gasteiger partial charge in [0.2, 0.25) is 0 Å². The van der Waals surface area contributed by atoms with Crippen molar-refractivity contribution < 1.29 is 4.42 Å². The molecule has 0 radical (unpaired) electrons. The van der Waals surface area contributed by atoms with Crippen LogP contribution in [-0.4, -0.2) is 10.9 Å². The summed E-state index contributed by atoms with van der Waals surface area (Å²) in [5.41, 5.74) is 0. The first kappa shape index (κ1) is 13.7. The molecule has 2 aromatic rings. The van der Waals surface area contributed by atoms with Crippen molar-refractivity contribution >= 4 is 11.3 Å². The highest BCUT2D eigenvalue weighted by Crippen LogP contribution is 2.24. The Morgan fingerprint density at radius 3 is 2.90 bits per heavy atom. The van der Waals surface area contributed by atoms with Crippen LogP contribution in [0.1, 0.15) is 34.8 Å². The summed E-state index contributed by atoms with van der Waals surface area (Å²) in [4.78, 5) is 5.35. The third kappa shape index (κ3) is 3.41. The summed E-state index contributed by atoms with van der Waals surface area (Å²) in [5.74, 6) is 1.05. The largest absolute Gasteiger partial charge is 0.468 e. The number of allylic oxidation sites excluding steroid dienone is 1. The molecule has 106 valence electrons. The van der Waals surface area contributed by atoms with Crippen molar-refractivity contribution in [2.75, 3.05) is 0 Å². The minimum absolute atomic E-state index is 0.538. The number of hydrogen-bond donors (Lipinski definition) is 0. The van der Waals surface area contributed by atoms with Crippen molar-refractivity contribution in [2.45, 2.75) is 45.3 Å². The lowest BCUT2D eigenvalue weighted by atomic mass is 10.0. The highest BCUT2D eigenvalue weighted by molar-refractivity contribution is 7.11.